The van der Waals surface area contributed by atoms with Gasteiger partial charge in [0.05, 0.1) is 0 Å². The Kier molecular flexibility index (Phi) is 6.03. The van der Waals surface area contributed by atoms with Crippen molar-refractivity contribution in [2.45, 2.75) is 19.8 Å². The quantitative estimate of drug-likeness (QED) is 0.653. The van der Waals surface area contributed by atoms with E-state index in [1.165, 1.54) is 6.42 Å². The minimum absolute atomic E-state index is 0.0986. The van der Waals surface area contributed by atoms with Gasteiger partial charge in [-0.1, -0.05) is 13.3 Å². The standard InChI is InChI=1S/C12H18N3O2/c1-2-3-7-14-8-9-17-11-6-4-5-10(15-11)12(13)16/h4,6,14H,2-3,7-9H2,1H3,(H2,13,16). The summed E-state index contributed by atoms with van der Waals surface area (Å²) in [5.74, 6) is -0.202. The van der Waals surface area contributed by atoms with Gasteiger partial charge in [0.15, 0.2) is 0 Å². The zero-order valence-corrected chi connectivity index (χ0v) is 10.0. The monoisotopic (exact) mass is 236 g/mol. The average molecular weight is 236 g/mol. The van der Waals surface area contributed by atoms with Crippen molar-refractivity contribution in [3.63, 3.8) is 0 Å². The second-order valence-electron chi connectivity index (χ2n) is 3.59. The molecule has 1 amide bonds. The second-order valence-corrected chi connectivity index (χ2v) is 3.59. The van der Waals surface area contributed by atoms with Crippen molar-refractivity contribution in [1.82, 2.24) is 10.3 Å². The molecule has 0 bridgehead atoms. The van der Waals surface area contributed by atoms with Gasteiger partial charge in [-0.25, -0.2) is 4.98 Å². The molecule has 1 aromatic heterocycles. The van der Waals surface area contributed by atoms with E-state index in [4.69, 9.17) is 10.5 Å². The van der Waals surface area contributed by atoms with Crippen molar-refractivity contribution in [3.8, 4) is 5.88 Å². The van der Waals surface area contributed by atoms with Crippen LogP contribution in [-0.2, 0) is 0 Å². The van der Waals surface area contributed by atoms with Crippen molar-refractivity contribution in [2.75, 3.05) is 19.7 Å². The SMILES string of the molecule is CCCCNCCOc1cc[c]c(C(N)=O)n1. The van der Waals surface area contributed by atoms with E-state index in [0.29, 0.717) is 12.5 Å². The number of aromatic nitrogens is 1. The molecule has 0 saturated heterocycles. The maximum absolute atomic E-state index is 10.9. The van der Waals surface area contributed by atoms with E-state index >= 15 is 0 Å². The molecule has 1 radical (unpaired) electrons. The molecular weight excluding hydrogens is 218 g/mol. The fourth-order valence-electron chi connectivity index (χ4n) is 1.23. The van der Waals surface area contributed by atoms with Gasteiger partial charge in [0.1, 0.15) is 12.3 Å². The maximum atomic E-state index is 10.9. The van der Waals surface area contributed by atoms with Crippen LogP contribution in [0, 0.1) is 6.07 Å². The minimum atomic E-state index is -0.600. The zero-order valence-electron chi connectivity index (χ0n) is 10.0. The lowest BCUT2D eigenvalue weighted by atomic mass is 10.3. The number of carbonyl (C=O) groups excluding carboxylic acids is 1. The number of hydrogen-bond acceptors (Lipinski definition) is 4. The van der Waals surface area contributed by atoms with Gasteiger partial charge in [-0.2, -0.15) is 0 Å². The molecule has 0 atom stereocenters. The predicted octanol–water partition coefficient (Wildman–Crippen LogP) is 0.749. The van der Waals surface area contributed by atoms with Crippen LogP contribution >= 0.6 is 0 Å². The Morgan fingerprint density at radius 3 is 3.12 bits per heavy atom. The molecule has 0 fully saturated rings. The Hall–Kier alpha value is -1.62. The van der Waals surface area contributed by atoms with Crippen LogP contribution in [0.1, 0.15) is 30.3 Å². The van der Waals surface area contributed by atoms with Gasteiger partial charge >= 0.3 is 0 Å². The first-order valence-electron chi connectivity index (χ1n) is 5.76. The number of hydrogen-bond donors (Lipinski definition) is 2. The molecule has 5 nitrogen and oxygen atoms in total. The molecule has 0 spiro atoms. The van der Waals surface area contributed by atoms with Crippen molar-refractivity contribution >= 4 is 5.91 Å². The van der Waals surface area contributed by atoms with Crippen LogP contribution in [0.4, 0.5) is 0 Å². The molecule has 5 heteroatoms. The van der Waals surface area contributed by atoms with Crippen molar-refractivity contribution in [2.24, 2.45) is 5.73 Å². The molecular formula is C12H18N3O2. The van der Waals surface area contributed by atoms with Gasteiger partial charge in [0, 0.05) is 18.7 Å². The van der Waals surface area contributed by atoms with Gasteiger partial charge in [0.2, 0.25) is 5.88 Å². The number of amides is 1. The summed E-state index contributed by atoms with van der Waals surface area (Å²) in [7, 11) is 0. The van der Waals surface area contributed by atoms with E-state index in [1.54, 1.807) is 12.1 Å². The van der Waals surface area contributed by atoms with Crippen LogP contribution in [0.2, 0.25) is 0 Å². The van der Waals surface area contributed by atoms with E-state index in [1.807, 2.05) is 0 Å². The van der Waals surface area contributed by atoms with Gasteiger partial charge in [-0.3, -0.25) is 4.79 Å². The van der Waals surface area contributed by atoms with Gasteiger partial charge in [0.25, 0.3) is 5.91 Å². The first-order chi connectivity index (χ1) is 8.24. The zero-order chi connectivity index (χ0) is 12.5. The highest BCUT2D eigenvalue weighted by Gasteiger charge is 2.03. The second kappa shape index (κ2) is 7.62. The summed E-state index contributed by atoms with van der Waals surface area (Å²) in [6.45, 7) is 4.40. The Morgan fingerprint density at radius 2 is 2.41 bits per heavy atom. The molecule has 1 rings (SSSR count). The summed E-state index contributed by atoms with van der Waals surface area (Å²) in [6, 6.07) is 5.87. The van der Waals surface area contributed by atoms with Crippen LogP contribution in [-0.4, -0.2) is 30.6 Å². The lowest BCUT2D eigenvalue weighted by molar-refractivity contribution is 0.0994. The molecule has 17 heavy (non-hydrogen) atoms. The third kappa shape index (κ3) is 5.31. The smallest absolute Gasteiger partial charge is 0.268 e. The Labute approximate surface area is 101 Å². The maximum Gasteiger partial charge on any atom is 0.268 e. The summed E-state index contributed by atoms with van der Waals surface area (Å²) < 4.78 is 5.38. The van der Waals surface area contributed by atoms with Crippen molar-refractivity contribution in [3.05, 3.63) is 23.9 Å². The molecule has 0 unspecified atom stereocenters. The van der Waals surface area contributed by atoms with E-state index in [2.05, 4.69) is 23.3 Å². The van der Waals surface area contributed by atoms with Gasteiger partial charge in [-0.05, 0) is 19.0 Å². The summed E-state index contributed by atoms with van der Waals surface area (Å²) in [5, 5.41) is 3.24. The van der Waals surface area contributed by atoms with Crippen molar-refractivity contribution < 1.29 is 9.53 Å². The Bertz CT molecular complexity index is 355. The minimum Gasteiger partial charge on any atom is -0.476 e. The number of rotatable bonds is 8. The van der Waals surface area contributed by atoms with Crippen LogP contribution < -0.4 is 15.8 Å². The average Bonchev–Trinajstić information content (AvgIpc) is 2.34. The fourth-order valence-corrected chi connectivity index (χ4v) is 1.23. The lowest BCUT2D eigenvalue weighted by Crippen LogP contribution is -2.22. The van der Waals surface area contributed by atoms with Crippen LogP contribution in [0.25, 0.3) is 0 Å². The summed E-state index contributed by atoms with van der Waals surface area (Å²) in [4.78, 5) is 14.8. The van der Waals surface area contributed by atoms with Gasteiger partial charge in [-0.15, -0.1) is 0 Å². The lowest BCUT2D eigenvalue weighted by Gasteiger charge is -2.06. The summed E-state index contributed by atoms with van der Waals surface area (Å²) in [6.07, 6.45) is 2.33. The molecule has 0 aliphatic rings. The van der Waals surface area contributed by atoms with E-state index in [0.717, 1.165) is 19.5 Å². The predicted molar refractivity (Wildman–Crippen MR) is 64.9 cm³/mol. The van der Waals surface area contributed by atoms with Crippen molar-refractivity contribution in [1.29, 1.82) is 0 Å². The van der Waals surface area contributed by atoms with Crippen LogP contribution in [0.15, 0.2) is 12.1 Å². The summed E-state index contributed by atoms with van der Waals surface area (Å²) >= 11 is 0. The largest absolute Gasteiger partial charge is 0.476 e. The van der Waals surface area contributed by atoms with Crippen LogP contribution in [0.5, 0.6) is 5.88 Å². The number of nitrogens with zero attached hydrogens (tertiary/aromatic N) is 1. The molecule has 3 N–H and O–H groups in total. The summed E-state index contributed by atoms with van der Waals surface area (Å²) in [5.41, 5.74) is 5.19. The number of nitrogens with one attached hydrogen (secondary N) is 1. The molecule has 0 aromatic carbocycles. The third-order valence-electron chi connectivity index (χ3n) is 2.14. The number of carbonyl (C=O) groups is 1. The first kappa shape index (κ1) is 13.4. The number of primary amides is 1. The molecule has 1 aromatic rings. The number of nitrogens with two attached hydrogens (primary N) is 1. The fraction of sp³-hybridized carbons (Fsp3) is 0.500. The number of ether oxygens (including phenoxy) is 1. The third-order valence-corrected chi connectivity index (χ3v) is 2.14. The van der Waals surface area contributed by atoms with E-state index in [-0.39, 0.29) is 5.69 Å². The topological polar surface area (TPSA) is 77.2 Å². The normalized spacial score (nSPS) is 10.2. The van der Waals surface area contributed by atoms with Crippen LogP contribution in [0.3, 0.4) is 0 Å². The molecule has 1 heterocycles. The molecule has 0 saturated carbocycles. The van der Waals surface area contributed by atoms with E-state index in [9.17, 15) is 4.79 Å². The number of unbranched alkanes of at least 4 members (excludes halogenated alkanes) is 1. The number of pyridine rings is 1. The molecule has 93 valence electrons. The molecule has 0 aliphatic carbocycles. The highest BCUT2D eigenvalue weighted by molar-refractivity contribution is 5.90. The highest BCUT2D eigenvalue weighted by Crippen LogP contribution is 2.06. The first-order valence-corrected chi connectivity index (χ1v) is 5.76. The van der Waals surface area contributed by atoms with Gasteiger partial charge < -0.3 is 15.8 Å². The highest BCUT2D eigenvalue weighted by atomic mass is 16.5. The molecule has 0 aliphatic heterocycles. The Balaban J connectivity index is 2.27. The van der Waals surface area contributed by atoms with E-state index < -0.39 is 5.91 Å². The Morgan fingerprint density at radius 1 is 1.59 bits per heavy atom.